The number of nitriles is 1. The predicted octanol–water partition coefficient (Wildman–Crippen LogP) is 0.748. The van der Waals surface area contributed by atoms with Crippen molar-refractivity contribution in [1.82, 2.24) is 10.2 Å². The van der Waals surface area contributed by atoms with Crippen molar-refractivity contribution in [3.8, 4) is 6.07 Å². The normalized spacial score (nSPS) is 22.0. The maximum atomic E-state index is 11.4. The zero-order chi connectivity index (χ0) is 11.1. The van der Waals surface area contributed by atoms with Gasteiger partial charge in [0.1, 0.15) is 0 Å². The summed E-state index contributed by atoms with van der Waals surface area (Å²) in [6.45, 7) is 5.22. The molecule has 1 heterocycles. The van der Waals surface area contributed by atoms with Gasteiger partial charge in [-0.05, 0) is 25.3 Å². The lowest BCUT2D eigenvalue weighted by atomic mass is 10.0. The molecule has 1 aliphatic rings. The number of rotatable bonds is 4. The first-order chi connectivity index (χ1) is 7.22. The van der Waals surface area contributed by atoms with Crippen LogP contribution in [0.4, 0.5) is 0 Å². The van der Waals surface area contributed by atoms with Crippen molar-refractivity contribution in [2.45, 2.75) is 26.2 Å². The first-order valence-corrected chi connectivity index (χ1v) is 5.58. The van der Waals surface area contributed by atoms with Crippen LogP contribution in [0.1, 0.15) is 26.2 Å². The summed E-state index contributed by atoms with van der Waals surface area (Å²) in [6.07, 6.45) is 2.85. The van der Waals surface area contributed by atoms with Crippen LogP contribution in [0.3, 0.4) is 0 Å². The molecule has 0 radical (unpaired) electrons. The summed E-state index contributed by atoms with van der Waals surface area (Å²) in [6, 6.07) is 2.01. The molecule has 0 aromatic carbocycles. The van der Waals surface area contributed by atoms with Crippen LogP contribution in [0.15, 0.2) is 0 Å². The molecule has 84 valence electrons. The molecule has 1 N–H and O–H groups in total. The van der Waals surface area contributed by atoms with E-state index < -0.39 is 0 Å². The zero-order valence-corrected chi connectivity index (χ0v) is 9.33. The fraction of sp³-hybridized carbons (Fsp3) is 0.818. The smallest absolute Gasteiger partial charge is 0.234 e. The van der Waals surface area contributed by atoms with Crippen LogP contribution in [0.5, 0.6) is 0 Å². The van der Waals surface area contributed by atoms with Gasteiger partial charge in [0.05, 0.1) is 19.0 Å². The summed E-state index contributed by atoms with van der Waals surface area (Å²) < 4.78 is 0. The van der Waals surface area contributed by atoms with E-state index in [1.54, 1.807) is 0 Å². The van der Waals surface area contributed by atoms with Crippen molar-refractivity contribution in [3.63, 3.8) is 0 Å². The number of nitrogens with zero attached hydrogens (tertiary/aromatic N) is 2. The lowest BCUT2D eigenvalue weighted by Crippen LogP contribution is -2.42. The molecule has 15 heavy (non-hydrogen) atoms. The first-order valence-electron chi connectivity index (χ1n) is 5.58. The average molecular weight is 209 g/mol. The van der Waals surface area contributed by atoms with Gasteiger partial charge < -0.3 is 5.32 Å². The van der Waals surface area contributed by atoms with Gasteiger partial charge in [-0.25, -0.2) is 0 Å². The van der Waals surface area contributed by atoms with Crippen molar-refractivity contribution in [1.29, 1.82) is 5.26 Å². The van der Waals surface area contributed by atoms with Crippen molar-refractivity contribution < 1.29 is 4.79 Å². The molecule has 1 atom stereocenters. The third-order valence-electron chi connectivity index (χ3n) is 2.67. The quantitative estimate of drug-likeness (QED) is 0.695. The first kappa shape index (κ1) is 12.0. The maximum absolute atomic E-state index is 11.4. The lowest BCUT2D eigenvalue weighted by molar-refractivity contribution is -0.122. The molecule has 1 saturated heterocycles. The van der Waals surface area contributed by atoms with Gasteiger partial charge in [0.15, 0.2) is 0 Å². The Bertz CT molecular complexity index is 247. The highest BCUT2D eigenvalue weighted by Crippen LogP contribution is 2.14. The van der Waals surface area contributed by atoms with Gasteiger partial charge in [-0.2, -0.15) is 5.26 Å². The Morgan fingerprint density at radius 3 is 3.13 bits per heavy atom. The number of carbonyl (C=O) groups excluding carboxylic acids is 1. The van der Waals surface area contributed by atoms with E-state index in [9.17, 15) is 4.79 Å². The monoisotopic (exact) mass is 209 g/mol. The highest BCUT2D eigenvalue weighted by atomic mass is 16.2. The average Bonchev–Trinajstić information content (AvgIpc) is 2.18. The third-order valence-corrected chi connectivity index (χ3v) is 2.67. The van der Waals surface area contributed by atoms with Crippen molar-refractivity contribution in [2.24, 2.45) is 5.92 Å². The summed E-state index contributed by atoms with van der Waals surface area (Å²) in [7, 11) is 0. The Morgan fingerprint density at radius 1 is 1.67 bits per heavy atom. The molecule has 1 rings (SSSR count). The Labute approximate surface area is 91.2 Å². The second kappa shape index (κ2) is 6.41. The van der Waals surface area contributed by atoms with Crippen LogP contribution in [-0.4, -0.2) is 37.0 Å². The van der Waals surface area contributed by atoms with E-state index in [1.807, 2.05) is 6.07 Å². The minimum Gasteiger partial charge on any atom is -0.354 e. The number of piperidine rings is 1. The van der Waals surface area contributed by atoms with E-state index in [0.29, 0.717) is 25.4 Å². The highest BCUT2D eigenvalue weighted by molar-refractivity contribution is 5.78. The van der Waals surface area contributed by atoms with Gasteiger partial charge >= 0.3 is 0 Å². The number of hydrogen-bond acceptors (Lipinski definition) is 3. The SMILES string of the molecule is C[C@@H]1CCCN(CC(=O)NCCC#N)C1. The van der Waals surface area contributed by atoms with Crippen LogP contribution < -0.4 is 5.32 Å². The molecule has 4 nitrogen and oxygen atoms in total. The third kappa shape index (κ3) is 4.80. The topological polar surface area (TPSA) is 56.1 Å². The van der Waals surface area contributed by atoms with E-state index in [0.717, 1.165) is 13.1 Å². The minimum atomic E-state index is 0.0411. The zero-order valence-electron chi connectivity index (χ0n) is 9.33. The molecular weight excluding hydrogens is 190 g/mol. The number of likely N-dealkylation sites (tertiary alicyclic amines) is 1. The molecule has 1 aliphatic heterocycles. The van der Waals surface area contributed by atoms with E-state index >= 15 is 0 Å². The molecule has 0 unspecified atom stereocenters. The van der Waals surface area contributed by atoms with Crippen LogP contribution >= 0.6 is 0 Å². The second-order valence-electron chi connectivity index (χ2n) is 4.24. The molecule has 1 amide bonds. The van der Waals surface area contributed by atoms with E-state index in [2.05, 4.69) is 17.1 Å². The molecule has 0 aliphatic carbocycles. The second-order valence-corrected chi connectivity index (χ2v) is 4.24. The molecule has 0 spiro atoms. The van der Waals surface area contributed by atoms with Crippen LogP contribution in [0, 0.1) is 17.2 Å². The Balaban J connectivity index is 2.16. The maximum Gasteiger partial charge on any atom is 0.234 e. The van der Waals surface area contributed by atoms with Crippen molar-refractivity contribution >= 4 is 5.91 Å². The number of hydrogen-bond donors (Lipinski definition) is 1. The fourth-order valence-electron chi connectivity index (χ4n) is 1.95. The van der Waals surface area contributed by atoms with Crippen molar-refractivity contribution in [3.05, 3.63) is 0 Å². The van der Waals surface area contributed by atoms with Gasteiger partial charge in [0.25, 0.3) is 0 Å². The van der Waals surface area contributed by atoms with Gasteiger partial charge in [-0.15, -0.1) is 0 Å². The van der Waals surface area contributed by atoms with Crippen molar-refractivity contribution in [2.75, 3.05) is 26.2 Å². The summed E-state index contributed by atoms with van der Waals surface area (Å²) in [5.41, 5.74) is 0. The number of amides is 1. The summed E-state index contributed by atoms with van der Waals surface area (Å²) in [5, 5.41) is 11.1. The summed E-state index contributed by atoms with van der Waals surface area (Å²) in [4.78, 5) is 13.6. The Morgan fingerprint density at radius 2 is 2.47 bits per heavy atom. The van der Waals surface area contributed by atoms with Crippen LogP contribution in [0.2, 0.25) is 0 Å². The number of nitrogens with one attached hydrogen (secondary N) is 1. The number of carbonyl (C=O) groups is 1. The van der Waals surface area contributed by atoms with E-state index in [1.165, 1.54) is 12.8 Å². The fourth-order valence-corrected chi connectivity index (χ4v) is 1.95. The largest absolute Gasteiger partial charge is 0.354 e. The van der Waals surface area contributed by atoms with Gasteiger partial charge in [0.2, 0.25) is 5.91 Å². The standard InChI is InChI=1S/C11H19N3O/c1-10-4-2-7-14(8-10)9-11(15)13-6-3-5-12/h10H,2-4,6-9H2,1H3,(H,13,15)/t10-/m1/s1. The molecule has 1 fully saturated rings. The lowest BCUT2D eigenvalue weighted by Gasteiger charge is -2.30. The van der Waals surface area contributed by atoms with Crippen LogP contribution in [-0.2, 0) is 4.79 Å². The van der Waals surface area contributed by atoms with Crippen LogP contribution in [0.25, 0.3) is 0 Å². The molecule has 0 aromatic rings. The Hall–Kier alpha value is -1.08. The summed E-state index contributed by atoms with van der Waals surface area (Å²) >= 11 is 0. The molecule has 4 heteroatoms. The molecule has 0 bridgehead atoms. The van der Waals surface area contributed by atoms with E-state index in [-0.39, 0.29) is 5.91 Å². The molecule has 0 saturated carbocycles. The highest BCUT2D eigenvalue weighted by Gasteiger charge is 2.17. The molecule has 0 aromatic heterocycles. The van der Waals surface area contributed by atoms with Gasteiger partial charge in [-0.1, -0.05) is 6.92 Å². The summed E-state index contributed by atoms with van der Waals surface area (Å²) in [5.74, 6) is 0.741. The molecular formula is C11H19N3O. The van der Waals surface area contributed by atoms with Gasteiger partial charge in [-0.3, -0.25) is 9.69 Å². The predicted molar refractivity (Wildman–Crippen MR) is 58.1 cm³/mol. The Kier molecular flexibility index (Phi) is 5.13. The van der Waals surface area contributed by atoms with E-state index in [4.69, 9.17) is 5.26 Å². The minimum absolute atomic E-state index is 0.0411. The van der Waals surface area contributed by atoms with Gasteiger partial charge in [0, 0.05) is 13.1 Å².